The number of anilines is 2. The van der Waals surface area contributed by atoms with Gasteiger partial charge in [0.25, 0.3) is 5.91 Å². The molecule has 0 unspecified atom stereocenters. The molecule has 3 aromatic rings. The van der Waals surface area contributed by atoms with E-state index in [4.69, 9.17) is 0 Å². The molecule has 2 fully saturated rings. The number of fused-ring (bicyclic) bond motifs is 1. The molecule has 1 aliphatic carbocycles. The van der Waals surface area contributed by atoms with Gasteiger partial charge in [0, 0.05) is 49.0 Å². The van der Waals surface area contributed by atoms with Crippen LogP contribution < -0.4 is 9.62 Å². The first-order valence-corrected chi connectivity index (χ1v) is 12.1. The Morgan fingerprint density at radius 3 is 2.58 bits per heavy atom. The van der Waals surface area contributed by atoms with E-state index < -0.39 is 10.0 Å². The maximum absolute atomic E-state index is 13.2. The number of sulfonamides is 1. The molecule has 31 heavy (non-hydrogen) atoms. The van der Waals surface area contributed by atoms with Crippen molar-refractivity contribution in [3.8, 4) is 0 Å². The van der Waals surface area contributed by atoms with Gasteiger partial charge in [-0.05, 0) is 43.2 Å². The highest BCUT2D eigenvalue weighted by atomic mass is 32.2. The highest BCUT2D eigenvalue weighted by Gasteiger charge is 2.48. The predicted molar refractivity (Wildman–Crippen MR) is 119 cm³/mol. The Kier molecular flexibility index (Phi) is 4.62. The molecule has 1 saturated heterocycles. The number of hydrogen-bond donors (Lipinski definition) is 2. The SMILES string of the molecule is CS(=O)(=O)Nc1ccc(C(=O)N2CCN(c3ncnc4[nH]ccc34)CC3(CC3)C2)cc1. The molecule has 9 nitrogen and oxygen atoms in total. The van der Waals surface area contributed by atoms with Crippen LogP contribution in [0, 0.1) is 5.41 Å². The molecule has 1 spiro atoms. The van der Waals surface area contributed by atoms with Crippen molar-refractivity contribution in [3.05, 3.63) is 48.4 Å². The van der Waals surface area contributed by atoms with Crippen LogP contribution in [-0.2, 0) is 10.0 Å². The van der Waals surface area contributed by atoms with Crippen LogP contribution >= 0.6 is 0 Å². The third kappa shape index (κ3) is 4.07. The number of benzene rings is 1. The molecule has 2 aliphatic rings. The lowest BCUT2D eigenvalue weighted by Crippen LogP contribution is -2.36. The molecular weight excluding hydrogens is 416 g/mol. The second-order valence-corrected chi connectivity index (χ2v) is 10.3. The first kappa shape index (κ1) is 19.8. The zero-order valence-corrected chi connectivity index (χ0v) is 18.0. The van der Waals surface area contributed by atoms with Gasteiger partial charge in [-0.1, -0.05) is 0 Å². The molecule has 1 amide bonds. The van der Waals surface area contributed by atoms with Gasteiger partial charge in [0.05, 0.1) is 11.6 Å². The summed E-state index contributed by atoms with van der Waals surface area (Å²) in [5.74, 6) is 0.872. The standard InChI is InChI=1S/C21H24N6O3S/c1-31(29,30)25-16-4-2-15(3-5-16)20(28)27-11-10-26(12-21(13-27)7-8-21)19-17-6-9-22-18(17)23-14-24-19/h2-6,9,14,25H,7-8,10-13H2,1H3,(H,22,23,24). The Morgan fingerprint density at radius 1 is 1.10 bits per heavy atom. The first-order chi connectivity index (χ1) is 14.8. The second-order valence-electron chi connectivity index (χ2n) is 8.54. The lowest BCUT2D eigenvalue weighted by atomic mass is 10.1. The van der Waals surface area contributed by atoms with E-state index in [1.807, 2.05) is 17.2 Å². The summed E-state index contributed by atoms with van der Waals surface area (Å²) in [6.07, 6.45) is 6.72. The van der Waals surface area contributed by atoms with Crippen molar-refractivity contribution in [1.82, 2.24) is 19.9 Å². The van der Waals surface area contributed by atoms with Gasteiger partial charge >= 0.3 is 0 Å². The number of aromatic amines is 1. The van der Waals surface area contributed by atoms with Gasteiger partial charge in [-0.15, -0.1) is 0 Å². The van der Waals surface area contributed by atoms with Crippen LogP contribution in [0.2, 0.25) is 0 Å². The summed E-state index contributed by atoms with van der Waals surface area (Å²) < 4.78 is 25.2. The van der Waals surface area contributed by atoms with E-state index in [1.165, 1.54) is 0 Å². The predicted octanol–water partition coefficient (Wildman–Crippen LogP) is 2.07. The fourth-order valence-corrected chi connectivity index (χ4v) is 4.86. The fraction of sp³-hybridized carbons (Fsp3) is 0.381. The minimum Gasteiger partial charge on any atom is -0.354 e. The lowest BCUT2D eigenvalue weighted by Gasteiger charge is -2.25. The normalized spacial score (nSPS) is 18.2. The van der Waals surface area contributed by atoms with E-state index in [1.54, 1.807) is 30.6 Å². The Balaban J connectivity index is 1.36. The molecule has 1 aliphatic heterocycles. The van der Waals surface area contributed by atoms with Crippen LogP contribution in [-0.4, -0.2) is 66.6 Å². The molecule has 10 heteroatoms. The lowest BCUT2D eigenvalue weighted by molar-refractivity contribution is 0.0741. The maximum Gasteiger partial charge on any atom is 0.253 e. The van der Waals surface area contributed by atoms with Gasteiger partial charge < -0.3 is 14.8 Å². The van der Waals surface area contributed by atoms with E-state index in [0.717, 1.165) is 42.5 Å². The van der Waals surface area contributed by atoms with Crippen LogP contribution in [0.4, 0.5) is 11.5 Å². The summed E-state index contributed by atoms with van der Waals surface area (Å²) >= 11 is 0. The van der Waals surface area contributed by atoms with Crippen LogP contribution in [0.15, 0.2) is 42.9 Å². The molecule has 3 heterocycles. The molecule has 0 radical (unpaired) electrons. The monoisotopic (exact) mass is 440 g/mol. The van der Waals surface area contributed by atoms with Crippen LogP contribution in [0.1, 0.15) is 23.2 Å². The summed E-state index contributed by atoms with van der Waals surface area (Å²) in [7, 11) is -3.35. The molecule has 1 saturated carbocycles. The number of nitrogens with zero attached hydrogens (tertiary/aromatic N) is 4. The number of rotatable bonds is 4. The zero-order chi connectivity index (χ0) is 21.6. The molecule has 2 N–H and O–H groups in total. The smallest absolute Gasteiger partial charge is 0.253 e. The van der Waals surface area contributed by atoms with E-state index in [2.05, 4.69) is 24.6 Å². The molecule has 1 aromatic carbocycles. The van der Waals surface area contributed by atoms with Crippen LogP contribution in [0.25, 0.3) is 11.0 Å². The van der Waals surface area contributed by atoms with Crippen molar-refractivity contribution in [3.63, 3.8) is 0 Å². The number of hydrogen-bond acceptors (Lipinski definition) is 6. The number of H-pyrrole nitrogens is 1. The average Bonchev–Trinajstić information content (AvgIpc) is 3.37. The van der Waals surface area contributed by atoms with Gasteiger partial charge in [-0.3, -0.25) is 9.52 Å². The van der Waals surface area contributed by atoms with Crippen LogP contribution in [0.3, 0.4) is 0 Å². The Morgan fingerprint density at radius 2 is 1.87 bits per heavy atom. The molecule has 0 atom stereocenters. The van der Waals surface area contributed by atoms with Gasteiger partial charge in [-0.2, -0.15) is 0 Å². The summed E-state index contributed by atoms with van der Waals surface area (Å²) in [5, 5.41) is 0.993. The number of amides is 1. The number of carbonyl (C=O) groups is 1. The number of aromatic nitrogens is 3. The average molecular weight is 441 g/mol. The van der Waals surface area contributed by atoms with Crippen molar-refractivity contribution in [2.24, 2.45) is 5.41 Å². The molecule has 0 bridgehead atoms. The van der Waals surface area contributed by atoms with E-state index in [9.17, 15) is 13.2 Å². The van der Waals surface area contributed by atoms with Gasteiger partial charge in [0.15, 0.2) is 0 Å². The number of carbonyl (C=O) groups excluding carboxylic acids is 1. The van der Waals surface area contributed by atoms with Gasteiger partial charge in [0.2, 0.25) is 10.0 Å². The molecular formula is C21H24N6O3S. The Hall–Kier alpha value is -3.14. The van der Waals surface area contributed by atoms with Crippen molar-refractivity contribution < 1.29 is 13.2 Å². The third-order valence-corrected chi connectivity index (χ3v) is 6.61. The van der Waals surface area contributed by atoms with Crippen molar-refractivity contribution in [2.45, 2.75) is 12.8 Å². The second kappa shape index (κ2) is 7.23. The van der Waals surface area contributed by atoms with E-state index in [0.29, 0.717) is 30.9 Å². The third-order valence-electron chi connectivity index (χ3n) is 6.00. The maximum atomic E-state index is 13.2. The summed E-state index contributed by atoms with van der Waals surface area (Å²) in [6, 6.07) is 8.57. The minimum absolute atomic E-state index is 0.0338. The highest BCUT2D eigenvalue weighted by Crippen LogP contribution is 2.48. The van der Waals surface area contributed by atoms with Crippen LogP contribution in [0.5, 0.6) is 0 Å². The Bertz CT molecular complexity index is 1230. The van der Waals surface area contributed by atoms with Crippen molar-refractivity contribution in [2.75, 3.05) is 42.1 Å². The first-order valence-electron chi connectivity index (χ1n) is 10.2. The molecule has 162 valence electrons. The summed E-state index contributed by atoms with van der Waals surface area (Å²) in [4.78, 5) is 29.4. The molecule has 2 aromatic heterocycles. The molecule has 5 rings (SSSR count). The topological polar surface area (TPSA) is 111 Å². The van der Waals surface area contributed by atoms with Crippen molar-refractivity contribution in [1.29, 1.82) is 0 Å². The zero-order valence-electron chi connectivity index (χ0n) is 17.2. The largest absolute Gasteiger partial charge is 0.354 e. The quantitative estimate of drug-likeness (QED) is 0.643. The highest BCUT2D eigenvalue weighted by molar-refractivity contribution is 7.92. The summed E-state index contributed by atoms with van der Waals surface area (Å²) in [6.45, 7) is 2.87. The van der Waals surface area contributed by atoms with Gasteiger partial charge in [-0.25, -0.2) is 18.4 Å². The van der Waals surface area contributed by atoms with Gasteiger partial charge in [0.1, 0.15) is 17.8 Å². The summed E-state index contributed by atoms with van der Waals surface area (Å²) in [5.41, 5.74) is 1.91. The van der Waals surface area contributed by atoms with E-state index >= 15 is 0 Å². The Labute approximate surface area is 180 Å². The van der Waals surface area contributed by atoms with Crippen molar-refractivity contribution >= 4 is 38.5 Å². The fourth-order valence-electron chi connectivity index (χ4n) is 4.29. The number of nitrogens with one attached hydrogen (secondary N) is 2. The minimum atomic E-state index is -3.35. The van der Waals surface area contributed by atoms with E-state index in [-0.39, 0.29) is 11.3 Å².